The van der Waals surface area contributed by atoms with E-state index in [4.69, 9.17) is 9.78 Å². The summed E-state index contributed by atoms with van der Waals surface area (Å²) >= 11 is 1.23. The monoisotopic (exact) mass is 288 g/mol. The van der Waals surface area contributed by atoms with Crippen LogP contribution < -0.4 is 4.72 Å². The molecule has 0 fully saturated rings. The molecule has 7 heteroatoms. The highest BCUT2D eigenvalue weighted by Crippen LogP contribution is 2.31. The number of hydrogen-bond acceptors (Lipinski definition) is 5. The van der Waals surface area contributed by atoms with Crippen LogP contribution in [0.15, 0.2) is 34.0 Å². The first-order valence-electron chi connectivity index (χ1n) is 5.75. The van der Waals surface area contributed by atoms with Crippen molar-refractivity contribution in [2.75, 3.05) is 4.72 Å². The summed E-state index contributed by atoms with van der Waals surface area (Å²) in [6.07, 6.45) is 1.49. The Kier molecular flexibility index (Phi) is 3.08. The molecule has 2 N–H and O–H groups in total. The van der Waals surface area contributed by atoms with Crippen LogP contribution in [-0.2, 0) is 0 Å². The number of halogens is 1. The van der Waals surface area contributed by atoms with Gasteiger partial charge in [0.15, 0.2) is 0 Å². The number of hydrogen-bond donors (Lipinski definition) is 2. The highest BCUT2D eigenvalue weighted by Gasteiger charge is 2.13. The predicted octanol–water partition coefficient (Wildman–Crippen LogP) is 3.59. The summed E-state index contributed by atoms with van der Waals surface area (Å²) in [5, 5.41) is 13.6. The van der Waals surface area contributed by atoms with Crippen molar-refractivity contribution in [2.24, 2.45) is 0 Å². The van der Waals surface area contributed by atoms with Crippen molar-refractivity contribution >= 4 is 28.5 Å². The third-order valence-electron chi connectivity index (χ3n) is 2.77. The Morgan fingerprint density at radius 2 is 2.35 bits per heavy atom. The second kappa shape index (κ2) is 4.90. The van der Waals surface area contributed by atoms with E-state index in [-0.39, 0.29) is 10.9 Å². The van der Waals surface area contributed by atoms with Crippen molar-refractivity contribution in [1.82, 2.24) is 10.1 Å². The van der Waals surface area contributed by atoms with Crippen LogP contribution in [0.25, 0.3) is 10.9 Å². The number of rotatable bonds is 3. The zero-order valence-electron chi connectivity index (χ0n) is 10.4. The standard InChI is InChI=1S/C13H9FN4OS/c1-7-4-11(19-17-7)20-18-10-3-2-9(14)12-8(5-15)6-16-13(10)12/h2-4,6,16,18H,1H3. The fourth-order valence-corrected chi connectivity index (χ4v) is 2.56. The summed E-state index contributed by atoms with van der Waals surface area (Å²) < 4.78 is 21.9. The number of anilines is 1. The summed E-state index contributed by atoms with van der Waals surface area (Å²) in [6.45, 7) is 1.83. The zero-order valence-corrected chi connectivity index (χ0v) is 11.2. The lowest BCUT2D eigenvalue weighted by Gasteiger charge is -2.05. The Balaban J connectivity index is 1.94. The lowest BCUT2D eigenvalue weighted by molar-refractivity contribution is 0.347. The highest BCUT2D eigenvalue weighted by molar-refractivity contribution is 8.00. The molecule has 5 nitrogen and oxygen atoms in total. The molecule has 0 spiro atoms. The number of aromatic amines is 1. The van der Waals surface area contributed by atoms with Gasteiger partial charge in [-0.3, -0.25) is 0 Å². The van der Waals surface area contributed by atoms with Crippen molar-refractivity contribution in [1.29, 1.82) is 5.26 Å². The van der Waals surface area contributed by atoms with Gasteiger partial charge in [-0.05, 0) is 19.1 Å². The summed E-state index contributed by atoms with van der Waals surface area (Å²) in [5.74, 6) is -0.427. The minimum Gasteiger partial charge on any atom is -0.358 e. The highest BCUT2D eigenvalue weighted by atomic mass is 32.2. The van der Waals surface area contributed by atoms with Gasteiger partial charge in [-0.15, -0.1) is 0 Å². The molecule has 1 aromatic carbocycles. The number of nitrogens with one attached hydrogen (secondary N) is 2. The van der Waals surface area contributed by atoms with Gasteiger partial charge >= 0.3 is 0 Å². The Morgan fingerprint density at radius 1 is 1.50 bits per heavy atom. The molecule has 0 aliphatic carbocycles. The molecule has 2 aromatic heterocycles. The minimum atomic E-state index is -0.427. The number of H-pyrrole nitrogens is 1. The van der Waals surface area contributed by atoms with E-state index in [1.54, 1.807) is 12.1 Å². The van der Waals surface area contributed by atoms with Gasteiger partial charge in [-0.2, -0.15) is 5.26 Å². The quantitative estimate of drug-likeness (QED) is 0.720. The van der Waals surface area contributed by atoms with Crippen LogP contribution in [0.1, 0.15) is 11.3 Å². The van der Waals surface area contributed by atoms with Crippen LogP contribution >= 0.6 is 11.9 Å². The molecule has 20 heavy (non-hydrogen) atoms. The van der Waals surface area contributed by atoms with Crippen molar-refractivity contribution in [3.05, 3.63) is 41.5 Å². The molecule has 0 aliphatic heterocycles. The normalized spacial score (nSPS) is 10.7. The van der Waals surface area contributed by atoms with E-state index >= 15 is 0 Å². The molecule has 0 aliphatic rings. The molecule has 100 valence electrons. The Morgan fingerprint density at radius 3 is 3.05 bits per heavy atom. The van der Waals surface area contributed by atoms with E-state index in [0.29, 0.717) is 16.3 Å². The van der Waals surface area contributed by atoms with Gasteiger partial charge in [0.1, 0.15) is 11.9 Å². The topological polar surface area (TPSA) is 77.6 Å². The maximum absolute atomic E-state index is 13.8. The summed E-state index contributed by atoms with van der Waals surface area (Å²) in [5.41, 5.74) is 2.28. The minimum absolute atomic E-state index is 0.279. The van der Waals surface area contributed by atoms with E-state index in [1.807, 2.05) is 13.0 Å². The van der Waals surface area contributed by atoms with Crippen LogP contribution in [0.2, 0.25) is 0 Å². The van der Waals surface area contributed by atoms with Crippen LogP contribution in [0.5, 0.6) is 0 Å². The van der Waals surface area contributed by atoms with Gasteiger partial charge < -0.3 is 14.2 Å². The van der Waals surface area contributed by atoms with Gasteiger partial charge in [0.2, 0.25) is 5.09 Å². The molecule has 0 atom stereocenters. The molecule has 2 heterocycles. The van der Waals surface area contributed by atoms with Crippen molar-refractivity contribution in [3.8, 4) is 6.07 Å². The number of aromatic nitrogens is 2. The molecule has 0 amide bonds. The first-order valence-corrected chi connectivity index (χ1v) is 6.56. The van der Waals surface area contributed by atoms with E-state index in [0.717, 1.165) is 5.69 Å². The van der Waals surface area contributed by atoms with E-state index in [2.05, 4.69) is 14.9 Å². The van der Waals surface area contributed by atoms with Crippen LogP contribution in [0, 0.1) is 24.1 Å². The lowest BCUT2D eigenvalue weighted by atomic mass is 10.1. The summed E-state index contributed by atoms with van der Waals surface area (Å²) in [6, 6.07) is 6.67. The maximum atomic E-state index is 13.8. The van der Waals surface area contributed by atoms with Gasteiger partial charge in [0, 0.05) is 24.2 Å². The van der Waals surface area contributed by atoms with Crippen LogP contribution in [-0.4, -0.2) is 10.1 Å². The third-order valence-corrected chi connectivity index (χ3v) is 3.49. The number of benzene rings is 1. The average Bonchev–Trinajstić information content (AvgIpc) is 3.05. The number of aryl methyl sites for hydroxylation is 1. The van der Waals surface area contributed by atoms with E-state index < -0.39 is 5.82 Å². The molecule has 3 aromatic rings. The smallest absolute Gasteiger partial charge is 0.213 e. The maximum Gasteiger partial charge on any atom is 0.213 e. The SMILES string of the molecule is Cc1cc(SNc2ccc(F)c3c(C#N)c[nH]c23)on1. The van der Waals surface area contributed by atoms with Gasteiger partial charge in [0.25, 0.3) is 0 Å². The van der Waals surface area contributed by atoms with Crippen molar-refractivity contribution < 1.29 is 8.91 Å². The lowest BCUT2D eigenvalue weighted by Crippen LogP contribution is -1.89. The Bertz CT molecular complexity index is 817. The first kappa shape index (κ1) is 12.6. The number of nitriles is 1. The zero-order chi connectivity index (χ0) is 14.1. The molecule has 0 saturated carbocycles. The fourth-order valence-electron chi connectivity index (χ4n) is 1.87. The van der Waals surface area contributed by atoms with Crippen LogP contribution in [0.3, 0.4) is 0 Å². The number of fused-ring (bicyclic) bond motifs is 1. The Hall–Kier alpha value is -2.46. The van der Waals surface area contributed by atoms with Crippen LogP contribution in [0.4, 0.5) is 10.1 Å². The molecular weight excluding hydrogens is 279 g/mol. The third kappa shape index (κ3) is 2.10. The van der Waals surface area contributed by atoms with Crippen molar-refractivity contribution in [3.63, 3.8) is 0 Å². The largest absolute Gasteiger partial charge is 0.358 e. The molecule has 3 rings (SSSR count). The summed E-state index contributed by atoms with van der Waals surface area (Å²) in [4.78, 5) is 2.91. The predicted molar refractivity (Wildman–Crippen MR) is 73.7 cm³/mol. The second-order valence-corrected chi connectivity index (χ2v) is 4.96. The van der Waals surface area contributed by atoms with Gasteiger partial charge in [-0.25, -0.2) is 4.39 Å². The summed E-state index contributed by atoms with van der Waals surface area (Å²) in [7, 11) is 0. The molecular formula is C13H9FN4OS. The molecule has 0 radical (unpaired) electrons. The fraction of sp³-hybridized carbons (Fsp3) is 0.0769. The van der Waals surface area contributed by atoms with Crippen molar-refractivity contribution in [2.45, 2.75) is 12.0 Å². The Labute approximate surface area is 117 Å². The van der Waals surface area contributed by atoms with E-state index in [1.165, 1.54) is 24.2 Å². The average molecular weight is 288 g/mol. The van der Waals surface area contributed by atoms with E-state index in [9.17, 15) is 4.39 Å². The molecule has 0 bridgehead atoms. The number of nitrogens with zero attached hydrogens (tertiary/aromatic N) is 2. The molecule has 0 unspecified atom stereocenters. The molecule has 0 saturated heterocycles. The second-order valence-electron chi connectivity index (χ2n) is 4.15. The van der Waals surface area contributed by atoms with Gasteiger partial charge in [-0.1, -0.05) is 5.16 Å². The first-order chi connectivity index (χ1) is 9.69. The van der Waals surface area contributed by atoms with Gasteiger partial charge in [0.05, 0.1) is 27.8 Å².